The number of hydrogen-bond donors (Lipinski definition) is 3. The van der Waals surface area contributed by atoms with Crippen LogP contribution in [-0.4, -0.2) is 37.1 Å². The van der Waals surface area contributed by atoms with Crippen LogP contribution in [0.5, 0.6) is 0 Å². The van der Waals surface area contributed by atoms with Crippen LogP contribution in [0.1, 0.15) is 24.3 Å². The number of rotatable bonds is 6. The van der Waals surface area contributed by atoms with Crippen LogP contribution in [-0.2, 0) is 0 Å². The van der Waals surface area contributed by atoms with Gasteiger partial charge in [-0.3, -0.25) is 9.78 Å². The highest BCUT2D eigenvalue weighted by Crippen LogP contribution is 2.07. The fraction of sp³-hybridized carbons (Fsp3) is 0.500. The molecule has 0 spiro atoms. The molecule has 5 nitrogen and oxygen atoms in total. The molecule has 0 saturated heterocycles. The summed E-state index contributed by atoms with van der Waals surface area (Å²) in [5.74, 6) is -0.172. The van der Waals surface area contributed by atoms with Gasteiger partial charge < -0.3 is 16.0 Å². The van der Waals surface area contributed by atoms with Crippen molar-refractivity contribution in [1.82, 2.24) is 15.6 Å². The lowest BCUT2D eigenvalue weighted by atomic mass is 10.3. The van der Waals surface area contributed by atoms with Crippen molar-refractivity contribution in [3.63, 3.8) is 0 Å². The maximum atomic E-state index is 11.4. The van der Waals surface area contributed by atoms with Gasteiger partial charge in [0.15, 0.2) is 0 Å². The van der Waals surface area contributed by atoms with Crippen LogP contribution in [0.3, 0.4) is 0 Å². The molecule has 0 unspecified atom stereocenters. The summed E-state index contributed by atoms with van der Waals surface area (Å²) in [5.41, 5.74) is 1.33. The number of aromatic nitrogens is 1. The third kappa shape index (κ3) is 4.82. The van der Waals surface area contributed by atoms with E-state index < -0.39 is 0 Å². The van der Waals surface area contributed by atoms with E-state index in [2.05, 4.69) is 34.8 Å². The van der Waals surface area contributed by atoms with Gasteiger partial charge in [0.1, 0.15) is 5.69 Å². The highest BCUT2D eigenvalue weighted by atomic mass is 16.1. The molecule has 5 heteroatoms. The summed E-state index contributed by atoms with van der Waals surface area (Å²) in [6, 6.07) is 4.08. The monoisotopic (exact) mass is 236 g/mol. The van der Waals surface area contributed by atoms with Crippen molar-refractivity contribution in [2.45, 2.75) is 19.9 Å². The number of anilines is 1. The standard InChI is InChI=1S/C12H20N4O/c1-9(2)14-6-7-15-10-4-5-16-11(8-10)12(17)13-3/h4-5,8-9,14H,6-7H2,1-3H3,(H,13,17)(H,15,16). The Morgan fingerprint density at radius 1 is 1.41 bits per heavy atom. The van der Waals surface area contributed by atoms with Gasteiger partial charge in [-0.1, -0.05) is 13.8 Å². The van der Waals surface area contributed by atoms with Gasteiger partial charge in [0, 0.05) is 38.1 Å². The number of hydrogen-bond acceptors (Lipinski definition) is 4. The van der Waals surface area contributed by atoms with Crippen LogP contribution < -0.4 is 16.0 Å². The van der Waals surface area contributed by atoms with Crippen LogP contribution >= 0.6 is 0 Å². The Labute approximate surface area is 102 Å². The molecule has 17 heavy (non-hydrogen) atoms. The number of pyridine rings is 1. The average molecular weight is 236 g/mol. The second-order valence-corrected chi connectivity index (χ2v) is 4.04. The molecule has 1 rings (SSSR count). The molecule has 1 heterocycles. The molecule has 94 valence electrons. The molecule has 0 aliphatic rings. The molecule has 1 aromatic heterocycles. The normalized spacial score (nSPS) is 10.4. The molecule has 1 aromatic rings. The molecule has 0 aliphatic heterocycles. The maximum Gasteiger partial charge on any atom is 0.269 e. The summed E-state index contributed by atoms with van der Waals surface area (Å²) in [5, 5.41) is 9.09. The minimum absolute atomic E-state index is 0.172. The van der Waals surface area contributed by atoms with E-state index in [1.165, 1.54) is 0 Å². The Morgan fingerprint density at radius 3 is 2.82 bits per heavy atom. The molecule has 0 aromatic carbocycles. The van der Waals surface area contributed by atoms with Crippen LogP contribution in [0, 0.1) is 0 Å². The van der Waals surface area contributed by atoms with Crippen LogP contribution in [0.25, 0.3) is 0 Å². The fourth-order valence-electron chi connectivity index (χ4n) is 1.36. The summed E-state index contributed by atoms with van der Waals surface area (Å²) in [7, 11) is 1.59. The van der Waals surface area contributed by atoms with Crippen LogP contribution in [0.2, 0.25) is 0 Å². The second-order valence-electron chi connectivity index (χ2n) is 4.04. The lowest BCUT2D eigenvalue weighted by Crippen LogP contribution is -2.28. The predicted molar refractivity (Wildman–Crippen MR) is 69.3 cm³/mol. The molecule has 0 fully saturated rings. The molecule has 0 aliphatic carbocycles. The van der Waals surface area contributed by atoms with Crippen molar-refractivity contribution in [3.05, 3.63) is 24.0 Å². The minimum atomic E-state index is -0.172. The molecule has 1 amide bonds. The first-order valence-corrected chi connectivity index (χ1v) is 5.79. The first-order valence-electron chi connectivity index (χ1n) is 5.79. The fourth-order valence-corrected chi connectivity index (χ4v) is 1.36. The topological polar surface area (TPSA) is 66.1 Å². The van der Waals surface area contributed by atoms with Crippen molar-refractivity contribution in [3.8, 4) is 0 Å². The van der Waals surface area contributed by atoms with Crippen molar-refractivity contribution in [1.29, 1.82) is 0 Å². The van der Waals surface area contributed by atoms with Gasteiger partial charge in [0.05, 0.1) is 0 Å². The van der Waals surface area contributed by atoms with E-state index in [0.29, 0.717) is 11.7 Å². The van der Waals surface area contributed by atoms with Gasteiger partial charge in [-0.2, -0.15) is 0 Å². The van der Waals surface area contributed by atoms with Crippen molar-refractivity contribution in [2.24, 2.45) is 0 Å². The smallest absolute Gasteiger partial charge is 0.269 e. The molecule has 0 saturated carbocycles. The van der Waals surface area contributed by atoms with Gasteiger partial charge >= 0.3 is 0 Å². The van der Waals surface area contributed by atoms with E-state index >= 15 is 0 Å². The SMILES string of the molecule is CNC(=O)c1cc(NCCNC(C)C)ccn1. The van der Waals surface area contributed by atoms with E-state index in [4.69, 9.17) is 0 Å². The van der Waals surface area contributed by atoms with E-state index in [1.54, 1.807) is 19.3 Å². The average Bonchev–Trinajstić information content (AvgIpc) is 2.34. The molecule has 0 bridgehead atoms. The summed E-state index contributed by atoms with van der Waals surface area (Å²) >= 11 is 0. The Hall–Kier alpha value is -1.62. The Bertz CT molecular complexity index is 365. The third-order valence-electron chi connectivity index (χ3n) is 2.23. The zero-order valence-corrected chi connectivity index (χ0v) is 10.6. The largest absolute Gasteiger partial charge is 0.384 e. The highest BCUT2D eigenvalue weighted by molar-refractivity contribution is 5.92. The van der Waals surface area contributed by atoms with Crippen molar-refractivity contribution < 1.29 is 4.79 Å². The van der Waals surface area contributed by atoms with Gasteiger partial charge in [0.2, 0.25) is 0 Å². The number of carbonyl (C=O) groups excluding carboxylic acids is 1. The quantitative estimate of drug-likeness (QED) is 0.641. The van der Waals surface area contributed by atoms with Gasteiger partial charge in [0.25, 0.3) is 5.91 Å². The van der Waals surface area contributed by atoms with Crippen molar-refractivity contribution >= 4 is 11.6 Å². The number of carbonyl (C=O) groups is 1. The first-order chi connectivity index (χ1) is 8.13. The number of nitrogens with one attached hydrogen (secondary N) is 3. The summed E-state index contributed by atoms with van der Waals surface area (Å²) in [6.07, 6.45) is 1.63. The number of nitrogens with zero attached hydrogens (tertiary/aromatic N) is 1. The Morgan fingerprint density at radius 2 is 2.18 bits per heavy atom. The number of amides is 1. The van der Waals surface area contributed by atoms with E-state index in [0.717, 1.165) is 18.8 Å². The molecular weight excluding hydrogens is 216 g/mol. The van der Waals surface area contributed by atoms with Gasteiger partial charge in [-0.05, 0) is 12.1 Å². The summed E-state index contributed by atoms with van der Waals surface area (Å²) < 4.78 is 0. The zero-order valence-electron chi connectivity index (χ0n) is 10.6. The molecule has 0 atom stereocenters. The maximum absolute atomic E-state index is 11.4. The molecular formula is C12H20N4O. The zero-order chi connectivity index (χ0) is 12.7. The lowest BCUT2D eigenvalue weighted by molar-refractivity contribution is 0.0958. The molecule has 0 radical (unpaired) electrons. The highest BCUT2D eigenvalue weighted by Gasteiger charge is 2.04. The Kier molecular flexibility index (Phi) is 5.42. The van der Waals surface area contributed by atoms with E-state index in [-0.39, 0.29) is 5.91 Å². The molecule has 3 N–H and O–H groups in total. The van der Waals surface area contributed by atoms with Gasteiger partial charge in [-0.25, -0.2) is 0 Å². The van der Waals surface area contributed by atoms with E-state index in [9.17, 15) is 4.79 Å². The van der Waals surface area contributed by atoms with E-state index in [1.807, 2.05) is 6.07 Å². The van der Waals surface area contributed by atoms with Crippen LogP contribution in [0.4, 0.5) is 5.69 Å². The second kappa shape index (κ2) is 6.85. The lowest BCUT2D eigenvalue weighted by Gasteiger charge is -2.10. The van der Waals surface area contributed by atoms with Crippen LogP contribution in [0.15, 0.2) is 18.3 Å². The summed E-state index contributed by atoms with van der Waals surface area (Å²) in [4.78, 5) is 15.4. The van der Waals surface area contributed by atoms with Crippen molar-refractivity contribution in [2.75, 3.05) is 25.5 Å². The third-order valence-corrected chi connectivity index (χ3v) is 2.23. The Balaban J connectivity index is 2.46. The summed E-state index contributed by atoms with van der Waals surface area (Å²) in [6.45, 7) is 5.91. The minimum Gasteiger partial charge on any atom is -0.384 e. The first kappa shape index (κ1) is 13.4. The predicted octanol–water partition coefficient (Wildman–Crippen LogP) is 0.851. The van der Waals surface area contributed by atoms with Gasteiger partial charge in [-0.15, -0.1) is 0 Å².